The first-order valence-electron chi connectivity index (χ1n) is 7.91. The molecule has 2 N–H and O–H groups in total. The highest BCUT2D eigenvalue weighted by Gasteiger charge is 2.20. The molecule has 0 amide bonds. The van der Waals surface area contributed by atoms with Gasteiger partial charge in [0.25, 0.3) is 0 Å². The van der Waals surface area contributed by atoms with Crippen molar-refractivity contribution < 1.29 is 0 Å². The number of hydrogen-bond acceptors (Lipinski definition) is 2. The van der Waals surface area contributed by atoms with Gasteiger partial charge in [-0.15, -0.1) is 12.3 Å². The van der Waals surface area contributed by atoms with Gasteiger partial charge in [0, 0.05) is 23.7 Å². The Hall–Kier alpha value is -1.46. The van der Waals surface area contributed by atoms with E-state index in [1.807, 2.05) is 6.92 Å². The van der Waals surface area contributed by atoms with Crippen molar-refractivity contribution in [3.05, 3.63) is 36.6 Å². The molecular weight excluding hydrogens is 268 g/mol. The van der Waals surface area contributed by atoms with Crippen LogP contribution in [0.3, 0.4) is 0 Å². The third kappa shape index (κ3) is 8.10. The molecule has 0 aliphatic carbocycles. The molecule has 0 saturated heterocycles. The van der Waals surface area contributed by atoms with Crippen molar-refractivity contribution in [2.45, 2.75) is 60.0 Å². The summed E-state index contributed by atoms with van der Waals surface area (Å²) in [5, 5.41) is 6.85. The molecule has 0 aromatic rings. The highest BCUT2D eigenvalue weighted by atomic mass is 14.9. The number of hydrogen-bond donors (Lipinski definition) is 2. The SMILES string of the molecule is C#CC(C)C(/C=C\CNC(C)(C)C)NC(=C)C(=C)C(C)(C)C. The Bertz CT molecular complexity index is 450. The van der Waals surface area contributed by atoms with E-state index >= 15 is 0 Å². The van der Waals surface area contributed by atoms with Crippen LogP contribution < -0.4 is 10.6 Å². The van der Waals surface area contributed by atoms with E-state index in [2.05, 4.69) is 83.4 Å². The summed E-state index contributed by atoms with van der Waals surface area (Å²) in [5.41, 5.74) is 1.96. The Labute approximate surface area is 138 Å². The van der Waals surface area contributed by atoms with E-state index in [4.69, 9.17) is 6.42 Å². The summed E-state index contributed by atoms with van der Waals surface area (Å²) >= 11 is 0. The minimum atomic E-state index is -0.00841. The standard InChI is InChI=1S/C20H34N2/c1-11-15(2)18(13-12-14-21-20(8,9)10)22-17(4)16(3)19(5,6)7/h1,12-13,15,18,21-22H,3-4,14H2,2,5-10H3/b13-12-. The Morgan fingerprint density at radius 2 is 1.73 bits per heavy atom. The van der Waals surface area contributed by atoms with E-state index in [-0.39, 0.29) is 22.9 Å². The third-order valence-corrected chi connectivity index (χ3v) is 3.51. The van der Waals surface area contributed by atoms with Crippen molar-refractivity contribution >= 4 is 0 Å². The molecule has 0 aromatic heterocycles. The van der Waals surface area contributed by atoms with E-state index in [0.717, 1.165) is 17.8 Å². The molecule has 0 aliphatic heterocycles. The Kier molecular flexibility index (Phi) is 7.70. The lowest BCUT2D eigenvalue weighted by Crippen LogP contribution is -2.37. The normalized spacial score (nSPS) is 15.2. The monoisotopic (exact) mass is 302 g/mol. The van der Waals surface area contributed by atoms with Crippen LogP contribution in [0.1, 0.15) is 48.5 Å². The number of nitrogens with one attached hydrogen (secondary N) is 2. The fourth-order valence-corrected chi connectivity index (χ4v) is 1.76. The second kappa shape index (κ2) is 8.25. The van der Waals surface area contributed by atoms with Gasteiger partial charge in [-0.1, -0.05) is 46.1 Å². The predicted molar refractivity (Wildman–Crippen MR) is 99.6 cm³/mol. The Morgan fingerprint density at radius 1 is 1.18 bits per heavy atom. The smallest absolute Gasteiger partial charge is 0.0579 e. The predicted octanol–water partition coefficient (Wildman–Crippen LogP) is 4.27. The van der Waals surface area contributed by atoms with Gasteiger partial charge in [0.1, 0.15) is 0 Å². The van der Waals surface area contributed by atoms with Crippen molar-refractivity contribution in [2.24, 2.45) is 11.3 Å². The first-order valence-corrected chi connectivity index (χ1v) is 7.91. The van der Waals surface area contributed by atoms with Crippen molar-refractivity contribution in [3.8, 4) is 12.3 Å². The van der Waals surface area contributed by atoms with Crippen molar-refractivity contribution in [1.29, 1.82) is 0 Å². The first-order chi connectivity index (χ1) is 9.88. The van der Waals surface area contributed by atoms with Crippen LogP contribution in [-0.2, 0) is 0 Å². The zero-order valence-electron chi connectivity index (χ0n) is 15.5. The number of rotatable bonds is 7. The molecule has 22 heavy (non-hydrogen) atoms. The van der Waals surface area contributed by atoms with Crippen LogP contribution >= 0.6 is 0 Å². The van der Waals surface area contributed by atoms with E-state index in [1.54, 1.807) is 0 Å². The maximum absolute atomic E-state index is 5.59. The zero-order chi connectivity index (χ0) is 17.6. The van der Waals surface area contributed by atoms with E-state index in [0.29, 0.717) is 0 Å². The average Bonchev–Trinajstić information content (AvgIpc) is 2.37. The molecule has 0 rings (SSSR count). The average molecular weight is 303 g/mol. The molecule has 2 atom stereocenters. The topological polar surface area (TPSA) is 24.1 Å². The van der Waals surface area contributed by atoms with Gasteiger partial charge in [-0.2, -0.15) is 0 Å². The molecule has 2 unspecified atom stereocenters. The van der Waals surface area contributed by atoms with Crippen LogP contribution in [0.15, 0.2) is 36.6 Å². The zero-order valence-corrected chi connectivity index (χ0v) is 15.5. The van der Waals surface area contributed by atoms with Crippen LogP contribution in [0.4, 0.5) is 0 Å². The lowest BCUT2D eigenvalue weighted by molar-refractivity contribution is 0.448. The summed E-state index contributed by atoms with van der Waals surface area (Å²) in [6, 6.07) is 0.0540. The van der Waals surface area contributed by atoms with Gasteiger partial charge in [-0.25, -0.2) is 0 Å². The minimum Gasteiger partial charge on any atom is -0.378 e. The van der Waals surface area contributed by atoms with Gasteiger partial charge < -0.3 is 10.6 Å². The molecule has 0 radical (unpaired) electrons. The van der Waals surface area contributed by atoms with Gasteiger partial charge in [0.05, 0.1) is 6.04 Å². The molecule has 0 heterocycles. The summed E-state index contributed by atoms with van der Waals surface area (Å²) in [6.07, 6.45) is 9.82. The maximum atomic E-state index is 5.59. The molecule has 0 spiro atoms. The van der Waals surface area contributed by atoms with Crippen molar-refractivity contribution in [2.75, 3.05) is 6.54 Å². The van der Waals surface area contributed by atoms with Gasteiger partial charge >= 0.3 is 0 Å². The molecular formula is C20H34N2. The Balaban J connectivity index is 4.81. The van der Waals surface area contributed by atoms with Crippen LogP contribution in [0.2, 0.25) is 0 Å². The Morgan fingerprint density at radius 3 is 2.14 bits per heavy atom. The molecule has 2 heteroatoms. The number of allylic oxidation sites excluding steroid dienone is 1. The number of terminal acetylenes is 1. The largest absolute Gasteiger partial charge is 0.378 e. The summed E-state index contributed by atoms with van der Waals surface area (Å²) in [4.78, 5) is 0. The van der Waals surface area contributed by atoms with Crippen molar-refractivity contribution in [3.63, 3.8) is 0 Å². The molecule has 0 fully saturated rings. The quantitative estimate of drug-likeness (QED) is 0.417. The summed E-state index contributed by atoms with van der Waals surface area (Å²) < 4.78 is 0. The van der Waals surface area contributed by atoms with E-state index in [1.165, 1.54) is 0 Å². The highest BCUT2D eigenvalue weighted by Crippen LogP contribution is 2.28. The fourth-order valence-electron chi connectivity index (χ4n) is 1.76. The van der Waals surface area contributed by atoms with E-state index in [9.17, 15) is 0 Å². The molecule has 2 nitrogen and oxygen atoms in total. The summed E-state index contributed by atoms with van der Waals surface area (Å²) in [5.74, 6) is 2.88. The highest BCUT2D eigenvalue weighted by molar-refractivity contribution is 5.30. The second-order valence-corrected chi connectivity index (χ2v) is 7.89. The lowest BCUT2D eigenvalue weighted by Gasteiger charge is -2.28. The van der Waals surface area contributed by atoms with Gasteiger partial charge in [0.2, 0.25) is 0 Å². The van der Waals surface area contributed by atoms with Gasteiger partial charge in [0.15, 0.2) is 0 Å². The molecule has 0 saturated carbocycles. The third-order valence-electron chi connectivity index (χ3n) is 3.51. The lowest BCUT2D eigenvalue weighted by atomic mass is 9.85. The molecule has 124 valence electrons. The first kappa shape index (κ1) is 20.5. The van der Waals surface area contributed by atoms with E-state index < -0.39 is 0 Å². The molecule has 0 aromatic carbocycles. The summed E-state index contributed by atoms with van der Waals surface area (Å²) in [6.45, 7) is 23.9. The van der Waals surface area contributed by atoms with Gasteiger partial charge in [-0.3, -0.25) is 0 Å². The van der Waals surface area contributed by atoms with Crippen LogP contribution in [0, 0.1) is 23.7 Å². The van der Waals surface area contributed by atoms with Gasteiger partial charge in [-0.05, 0) is 38.7 Å². The van der Waals surface area contributed by atoms with Crippen LogP contribution in [0.5, 0.6) is 0 Å². The van der Waals surface area contributed by atoms with Crippen molar-refractivity contribution in [1.82, 2.24) is 10.6 Å². The van der Waals surface area contributed by atoms with Crippen LogP contribution in [0.25, 0.3) is 0 Å². The molecule has 0 bridgehead atoms. The minimum absolute atomic E-state index is 0.00841. The van der Waals surface area contributed by atoms with Crippen LogP contribution in [-0.4, -0.2) is 18.1 Å². The molecule has 0 aliphatic rings. The maximum Gasteiger partial charge on any atom is 0.0579 e. The second-order valence-electron chi connectivity index (χ2n) is 7.89. The summed E-state index contributed by atoms with van der Waals surface area (Å²) in [7, 11) is 0. The fraction of sp³-hybridized carbons (Fsp3) is 0.600.